The van der Waals surface area contributed by atoms with Gasteiger partial charge in [0.05, 0.1) is 0 Å². The summed E-state index contributed by atoms with van der Waals surface area (Å²) in [6.45, 7) is 0. The minimum atomic E-state index is -6.34. The van der Waals surface area contributed by atoms with Crippen LogP contribution in [0, 0.1) is 0 Å². The molecule has 0 spiro atoms. The second-order valence-electron chi connectivity index (χ2n) is 6.89. The van der Waals surface area contributed by atoms with Gasteiger partial charge in [0, 0.05) is 0 Å². The first-order chi connectivity index (χ1) is 17.3. The van der Waals surface area contributed by atoms with E-state index in [2.05, 4.69) is 31.2 Å². The summed E-state index contributed by atoms with van der Waals surface area (Å²) in [5, 5.41) is 10.5. The van der Waals surface area contributed by atoms with E-state index in [1.807, 2.05) is 0 Å². The maximum absolute atomic E-state index is 12.1. The number of phosphoric acid groups is 7. The predicted octanol–water partition coefficient (Wildman–Crippen LogP) is -3.02. The zero-order valence-corrected chi connectivity index (χ0v) is 24.4. The Morgan fingerprint density at radius 2 is 0.575 bits per heavy atom. The summed E-state index contributed by atoms with van der Waals surface area (Å²) in [7, 11) is -43.0. The Morgan fingerprint density at radius 3 is 0.875 bits per heavy atom. The molecular weight excluding hydrogens is 721 g/mol. The summed E-state index contributed by atoms with van der Waals surface area (Å²) in [4.78, 5) is 109. The number of rotatable bonds is 14. The van der Waals surface area contributed by atoms with Gasteiger partial charge in [0.2, 0.25) is 0 Å². The molecule has 0 aromatic carbocycles. The number of aliphatic hydroxyl groups excluding tert-OH is 1. The molecule has 1 fully saturated rings. The van der Waals surface area contributed by atoms with Crippen molar-refractivity contribution in [1.29, 1.82) is 0 Å². The molecular formula is C6H19O27P7. The van der Waals surface area contributed by atoms with Gasteiger partial charge in [-0.15, -0.1) is 0 Å². The lowest BCUT2D eigenvalue weighted by atomic mass is 9.85. The zero-order valence-electron chi connectivity index (χ0n) is 18.1. The summed E-state index contributed by atoms with van der Waals surface area (Å²) in [6, 6.07) is 0. The van der Waals surface area contributed by atoms with Crippen LogP contribution in [0.15, 0.2) is 0 Å². The molecule has 0 bridgehead atoms. The maximum Gasteiger partial charge on any atom is 0.481 e. The average Bonchev–Trinajstić information content (AvgIpc) is 2.57. The van der Waals surface area contributed by atoms with Crippen molar-refractivity contribution >= 4 is 54.8 Å². The van der Waals surface area contributed by atoms with E-state index in [0.717, 1.165) is 0 Å². The van der Waals surface area contributed by atoms with Gasteiger partial charge in [0.1, 0.15) is 36.6 Å². The minimum Gasteiger partial charge on any atom is -0.387 e. The van der Waals surface area contributed by atoms with Crippen LogP contribution in [-0.4, -0.2) is 100 Å². The molecule has 0 aliphatic heterocycles. The lowest BCUT2D eigenvalue weighted by Gasteiger charge is -2.47. The van der Waals surface area contributed by atoms with E-state index in [4.69, 9.17) is 29.4 Å². The summed E-state index contributed by atoms with van der Waals surface area (Å²) < 4.78 is 108. The van der Waals surface area contributed by atoms with E-state index in [0.29, 0.717) is 0 Å². The minimum absolute atomic E-state index is 3.20. The maximum atomic E-state index is 12.1. The van der Waals surface area contributed by atoms with Crippen LogP contribution in [0.2, 0.25) is 0 Å². The van der Waals surface area contributed by atoms with Crippen LogP contribution < -0.4 is 0 Å². The number of aliphatic hydroxyl groups is 1. The van der Waals surface area contributed by atoms with Gasteiger partial charge in [0.15, 0.2) is 0 Å². The molecule has 0 amide bonds. The molecule has 27 nitrogen and oxygen atoms in total. The van der Waals surface area contributed by atoms with Crippen LogP contribution in [0.5, 0.6) is 0 Å². The van der Waals surface area contributed by atoms with Gasteiger partial charge in [-0.25, -0.2) is 32.0 Å². The van der Waals surface area contributed by atoms with Crippen molar-refractivity contribution < 1.29 is 127 Å². The molecule has 0 aromatic heterocycles. The van der Waals surface area contributed by atoms with Crippen molar-refractivity contribution in [3.63, 3.8) is 0 Å². The lowest BCUT2D eigenvalue weighted by Crippen LogP contribution is -2.66. The highest BCUT2D eigenvalue weighted by Gasteiger charge is 2.61. The summed E-state index contributed by atoms with van der Waals surface area (Å²) in [6.07, 6.45) is -19.5. The lowest BCUT2D eigenvalue weighted by molar-refractivity contribution is -0.205. The molecule has 13 N–H and O–H groups in total. The van der Waals surface area contributed by atoms with Gasteiger partial charge < -0.3 is 63.8 Å². The Bertz CT molecular complexity index is 1230. The summed E-state index contributed by atoms with van der Waals surface area (Å²) in [5.74, 6) is 0. The number of phosphoric ester groups is 5. The number of hydrogen-bond donors (Lipinski definition) is 13. The molecule has 0 heterocycles. The van der Waals surface area contributed by atoms with E-state index in [1.54, 1.807) is 0 Å². The van der Waals surface area contributed by atoms with Crippen LogP contribution in [0.3, 0.4) is 0 Å². The second kappa shape index (κ2) is 13.0. The van der Waals surface area contributed by atoms with Crippen molar-refractivity contribution in [2.75, 3.05) is 0 Å². The van der Waals surface area contributed by atoms with Gasteiger partial charge in [-0.2, -0.15) is 8.62 Å². The third-order valence-electron chi connectivity index (χ3n) is 3.67. The Hall–Kier alpha value is 0.810. The molecule has 0 aromatic rings. The molecule has 1 rings (SSSR count). The van der Waals surface area contributed by atoms with E-state index in [1.165, 1.54) is 0 Å². The Kier molecular flexibility index (Phi) is 12.7. The van der Waals surface area contributed by atoms with Crippen LogP contribution >= 0.6 is 54.8 Å². The van der Waals surface area contributed by atoms with Crippen LogP contribution in [-0.2, 0) is 63.2 Å². The molecule has 8 atom stereocenters. The van der Waals surface area contributed by atoms with Crippen LogP contribution in [0.25, 0.3) is 0 Å². The molecule has 240 valence electrons. The molecule has 0 radical (unpaired) electrons. The quantitative estimate of drug-likeness (QED) is 0.0788. The van der Waals surface area contributed by atoms with Crippen molar-refractivity contribution in [2.45, 2.75) is 36.6 Å². The monoisotopic (exact) mass is 740 g/mol. The van der Waals surface area contributed by atoms with Crippen molar-refractivity contribution in [2.24, 2.45) is 0 Å². The highest BCUT2D eigenvalue weighted by atomic mass is 31.3. The fourth-order valence-electron chi connectivity index (χ4n) is 2.83. The number of hydrogen-bond acceptors (Lipinski definition) is 15. The predicted molar refractivity (Wildman–Crippen MR) is 112 cm³/mol. The fourth-order valence-corrected chi connectivity index (χ4v) is 8.07. The molecule has 40 heavy (non-hydrogen) atoms. The van der Waals surface area contributed by atoms with Crippen LogP contribution in [0.4, 0.5) is 0 Å². The van der Waals surface area contributed by atoms with Crippen molar-refractivity contribution in [3.05, 3.63) is 0 Å². The van der Waals surface area contributed by atoms with Gasteiger partial charge >= 0.3 is 54.8 Å². The SMILES string of the molecule is O=P(O)(O)O[C@@H]1[C@H](OP(=O)(O)O)[C@H](OP(=O)(O)OP(=O)(O)O)[C@@H](O)[C@H](OP(=O)(O)O)[C@H]1OP(=O)(O)OP(=O)(O)O. The topological polar surface area (TPSA) is 447 Å². The van der Waals surface area contributed by atoms with Crippen molar-refractivity contribution in [3.8, 4) is 0 Å². The smallest absolute Gasteiger partial charge is 0.387 e. The standard InChI is InChI=1S/C6H19O27P7/c7-1-2(27-34(8,9)10)5(31-40(25,26)33-38(20,21)22)6(29-36(14,15)16)4(28-35(11,12)13)3(1)30-39(23,24)32-37(17,18)19/h1-7H,(H,23,24)(H,25,26)(H2,8,9,10)(H2,11,12,13)(H2,14,15,16)(H2,17,18,19)(H2,20,21,22)/t1-,2-,3+,4+,5+,6+/m0/s1. The first kappa shape index (κ1) is 38.8. The average molecular weight is 740 g/mol. The van der Waals surface area contributed by atoms with E-state index in [9.17, 15) is 66.4 Å². The van der Waals surface area contributed by atoms with Crippen LogP contribution in [0.1, 0.15) is 0 Å². The highest BCUT2D eigenvalue weighted by molar-refractivity contribution is 7.61. The summed E-state index contributed by atoms with van der Waals surface area (Å²) >= 11 is 0. The zero-order chi connectivity index (χ0) is 31.9. The first-order valence-corrected chi connectivity index (χ1v) is 19.4. The molecule has 34 heteroatoms. The molecule has 2 unspecified atom stereocenters. The summed E-state index contributed by atoms with van der Waals surface area (Å²) in [5.41, 5.74) is 0. The highest BCUT2D eigenvalue weighted by Crippen LogP contribution is 2.63. The van der Waals surface area contributed by atoms with Gasteiger partial charge in [-0.1, -0.05) is 0 Å². The largest absolute Gasteiger partial charge is 0.481 e. The molecule has 0 saturated heterocycles. The van der Waals surface area contributed by atoms with E-state index < -0.39 is 91.4 Å². The molecule has 1 aliphatic rings. The molecule has 1 saturated carbocycles. The second-order valence-corrected chi connectivity index (χ2v) is 16.0. The van der Waals surface area contributed by atoms with E-state index in [-0.39, 0.29) is 0 Å². The van der Waals surface area contributed by atoms with E-state index >= 15 is 0 Å². The third-order valence-corrected chi connectivity index (χ3v) is 9.60. The molecule has 1 aliphatic carbocycles. The fraction of sp³-hybridized carbons (Fsp3) is 1.00. The van der Waals surface area contributed by atoms with Gasteiger partial charge in [-0.05, 0) is 0 Å². The third kappa shape index (κ3) is 14.5. The van der Waals surface area contributed by atoms with Gasteiger partial charge in [-0.3, -0.25) is 22.6 Å². The Balaban J connectivity index is 3.93. The normalized spacial score (nSPS) is 30.4. The Morgan fingerprint density at radius 1 is 0.350 bits per heavy atom. The first-order valence-electron chi connectivity index (χ1n) is 8.76. The van der Waals surface area contributed by atoms with Gasteiger partial charge in [0.25, 0.3) is 0 Å². The van der Waals surface area contributed by atoms with Crippen molar-refractivity contribution in [1.82, 2.24) is 0 Å². The Labute approximate surface area is 219 Å².